The van der Waals surface area contributed by atoms with Gasteiger partial charge in [0.25, 0.3) is 5.56 Å². The molecule has 0 bridgehead atoms. The Morgan fingerprint density at radius 2 is 1.61 bits per heavy atom. The number of aromatic nitrogens is 4. The second kappa shape index (κ2) is 15.3. The molecule has 272 valence electrons. The molecule has 2 fully saturated rings. The molecule has 2 aromatic heterocycles. The van der Waals surface area contributed by atoms with E-state index in [-0.39, 0.29) is 49.2 Å². The zero-order valence-electron chi connectivity index (χ0n) is 30.0. The number of ether oxygens (including phenoxy) is 2. The van der Waals surface area contributed by atoms with Crippen LogP contribution in [0.15, 0.2) is 108 Å². The average molecular weight is 721 g/mol. The molecule has 0 saturated carbocycles. The van der Waals surface area contributed by atoms with Crippen LogP contribution in [0.1, 0.15) is 24.8 Å². The number of anilines is 1. The van der Waals surface area contributed by atoms with Crippen molar-refractivity contribution in [2.45, 2.75) is 38.0 Å². The van der Waals surface area contributed by atoms with Crippen molar-refractivity contribution in [1.82, 2.24) is 29.3 Å². The predicted octanol–water partition coefficient (Wildman–Crippen LogP) is 6.21. The fourth-order valence-corrected chi connectivity index (χ4v) is 7.46. The Balaban J connectivity index is 1.24. The van der Waals surface area contributed by atoms with Crippen LogP contribution in [-0.4, -0.2) is 87.3 Å². The second-order valence-electron chi connectivity index (χ2n) is 13.8. The quantitative estimate of drug-likeness (QED) is 0.170. The number of fused-ring (bicyclic) bond motifs is 2. The molecular formula is C42H40N8O4. The third-order valence-electron chi connectivity index (χ3n) is 10.3. The number of likely N-dealkylation sites (tertiary alicyclic amines) is 1. The highest BCUT2D eigenvalue weighted by Gasteiger charge is 2.34. The highest BCUT2D eigenvalue weighted by molar-refractivity contribution is 5.93. The normalized spacial score (nSPS) is 17.5. The van der Waals surface area contributed by atoms with Gasteiger partial charge in [0, 0.05) is 36.6 Å². The van der Waals surface area contributed by atoms with E-state index in [4.69, 9.17) is 24.4 Å². The number of hydrogen-bond donors (Lipinski definition) is 0. The van der Waals surface area contributed by atoms with E-state index in [1.807, 2.05) is 108 Å². The van der Waals surface area contributed by atoms with E-state index in [1.54, 1.807) is 9.47 Å². The van der Waals surface area contributed by atoms with Crippen molar-refractivity contribution in [2.24, 2.45) is 0 Å². The van der Waals surface area contributed by atoms with Crippen LogP contribution >= 0.6 is 0 Å². The molecule has 8 rings (SSSR count). The molecule has 2 aliphatic heterocycles. The van der Waals surface area contributed by atoms with Gasteiger partial charge in [0.05, 0.1) is 24.2 Å². The largest absolute Gasteiger partial charge is 0.462 e. The van der Waals surface area contributed by atoms with Crippen LogP contribution in [0, 0.1) is 11.3 Å². The van der Waals surface area contributed by atoms with Crippen LogP contribution in [0.3, 0.4) is 0 Å². The van der Waals surface area contributed by atoms with Gasteiger partial charge in [-0.05, 0) is 43.5 Å². The van der Waals surface area contributed by atoms with Crippen molar-refractivity contribution >= 4 is 33.7 Å². The number of carbonyl (C=O) groups is 1. The summed E-state index contributed by atoms with van der Waals surface area (Å²) in [6, 6.07) is 34.9. The van der Waals surface area contributed by atoms with Gasteiger partial charge >= 0.3 is 12.1 Å². The summed E-state index contributed by atoms with van der Waals surface area (Å²) < 4.78 is 13.6. The number of nitrogens with zero attached hydrogens (tertiary/aromatic N) is 8. The maximum atomic E-state index is 15.0. The lowest BCUT2D eigenvalue weighted by Crippen LogP contribution is -2.55. The van der Waals surface area contributed by atoms with E-state index in [1.165, 1.54) is 0 Å². The summed E-state index contributed by atoms with van der Waals surface area (Å²) in [7, 11) is 2.07. The van der Waals surface area contributed by atoms with Gasteiger partial charge in [-0.25, -0.2) is 9.78 Å². The Hall–Kier alpha value is -6.32. The molecule has 1 amide bonds. The molecule has 4 aromatic carbocycles. The number of nitriles is 1. The number of carbonyl (C=O) groups excluding carboxylic acids is 1. The average Bonchev–Trinajstić information content (AvgIpc) is 3.63. The lowest BCUT2D eigenvalue weighted by atomic mass is 10.1. The fourth-order valence-electron chi connectivity index (χ4n) is 7.46. The number of amides is 1. The van der Waals surface area contributed by atoms with Crippen LogP contribution in [-0.2, 0) is 11.3 Å². The number of hydrogen-bond acceptors (Lipinski definition) is 10. The molecule has 4 heterocycles. The predicted molar refractivity (Wildman–Crippen MR) is 207 cm³/mol. The first-order chi connectivity index (χ1) is 26.5. The summed E-state index contributed by atoms with van der Waals surface area (Å²) in [6.45, 7) is 2.37. The molecule has 2 atom stereocenters. The van der Waals surface area contributed by atoms with Crippen LogP contribution in [0.2, 0.25) is 0 Å². The van der Waals surface area contributed by atoms with Gasteiger partial charge in [0.2, 0.25) is 0 Å². The summed E-state index contributed by atoms with van der Waals surface area (Å²) in [4.78, 5) is 49.1. The van der Waals surface area contributed by atoms with Crippen molar-refractivity contribution in [3.05, 3.63) is 119 Å². The third-order valence-corrected chi connectivity index (χ3v) is 10.3. The molecule has 54 heavy (non-hydrogen) atoms. The molecule has 0 spiro atoms. The fraction of sp³-hybridized carbons (Fsp3) is 0.286. The van der Waals surface area contributed by atoms with E-state index < -0.39 is 12.1 Å². The molecule has 0 N–H and O–H groups in total. The number of likely N-dealkylation sites (N-methyl/N-ethyl adjacent to an activating group) is 1. The third kappa shape index (κ3) is 6.93. The zero-order chi connectivity index (χ0) is 37.0. The van der Waals surface area contributed by atoms with Crippen molar-refractivity contribution in [1.29, 1.82) is 5.26 Å². The highest BCUT2D eigenvalue weighted by atomic mass is 16.6. The van der Waals surface area contributed by atoms with Gasteiger partial charge in [-0.3, -0.25) is 9.36 Å². The van der Waals surface area contributed by atoms with Crippen LogP contribution in [0.4, 0.5) is 10.6 Å². The molecule has 0 radical (unpaired) electrons. The summed E-state index contributed by atoms with van der Waals surface area (Å²) >= 11 is 0. The first-order valence-electron chi connectivity index (χ1n) is 18.3. The molecular weight excluding hydrogens is 681 g/mol. The van der Waals surface area contributed by atoms with E-state index in [9.17, 15) is 10.1 Å². The Labute approximate surface area is 312 Å². The maximum Gasteiger partial charge on any atom is 0.410 e. The molecule has 12 nitrogen and oxygen atoms in total. The molecule has 12 heteroatoms. The Bertz CT molecular complexity index is 2390. The van der Waals surface area contributed by atoms with E-state index in [0.717, 1.165) is 41.3 Å². The number of rotatable bonds is 9. The standard InChI is InChI=1S/C42H40N8O4/c1-47-23-11-18-33(47)28-53-41-45-37-36(39(46-41)48-24-25-49(32(26-48)21-22-43)42(52)54-27-29-12-4-2-5-13-29)44-38(31-15-6-3-7-16-31)50(40(37)51)35-20-10-17-30-14-8-9-19-34(30)35/h2-10,12-17,19-20,32-33H,11,18,21,23-28H2,1H3. The number of piperazine rings is 1. The topological polar surface area (TPSA) is 130 Å². The van der Waals surface area contributed by atoms with Gasteiger partial charge in [0.1, 0.15) is 24.6 Å². The smallest absolute Gasteiger partial charge is 0.410 e. The van der Waals surface area contributed by atoms with E-state index >= 15 is 4.79 Å². The van der Waals surface area contributed by atoms with Crippen LogP contribution in [0.25, 0.3) is 38.9 Å². The van der Waals surface area contributed by atoms with Gasteiger partial charge in [0.15, 0.2) is 11.3 Å². The van der Waals surface area contributed by atoms with E-state index in [0.29, 0.717) is 36.0 Å². The van der Waals surface area contributed by atoms with Gasteiger partial charge in [-0.15, -0.1) is 0 Å². The van der Waals surface area contributed by atoms with Crippen molar-refractivity contribution in [3.8, 4) is 29.2 Å². The van der Waals surface area contributed by atoms with Crippen molar-refractivity contribution in [3.63, 3.8) is 0 Å². The van der Waals surface area contributed by atoms with Gasteiger partial charge in [-0.2, -0.15) is 15.2 Å². The molecule has 2 saturated heterocycles. The van der Waals surface area contributed by atoms with E-state index in [2.05, 4.69) is 18.0 Å². The first-order valence-corrected chi connectivity index (χ1v) is 18.3. The van der Waals surface area contributed by atoms with Crippen LogP contribution < -0.4 is 15.2 Å². The Morgan fingerprint density at radius 1 is 0.852 bits per heavy atom. The Morgan fingerprint density at radius 3 is 2.39 bits per heavy atom. The molecule has 0 aliphatic carbocycles. The minimum Gasteiger partial charge on any atom is -0.462 e. The zero-order valence-corrected chi connectivity index (χ0v) is 30.0. The van der Waals surface area contributed by atoms with Crippen molar-refractivity contribution in [2.75, 3.05) is 44.7 Å². The summed E-state index contributed by atoms with van der Waals surface area (Å²) in [6.07, 6.45) is 1.66. The maximum absolute atomic E-state index is 15.0. The van der Waals surface area contributed by atoms with Gasteiger partial charge in [-0.1, -0.05) is 97.1 Å². The monoisotopic (exact) mass is 720 g/mol. The minimum absolute atomic E-state index is 0.0773. The lowest BCUT2D eigenvalue weighted by Gasteiger charge is -2.40. The second-order valence-corrected chi connectivity index (χ2v) is 13.8. The summed E-state index contributed by atoms with van der Waals surface area (Å²) in [5.41, 5.74) is 2.37. The van der Waals surface area contributed by atoms with Crippen LogP contribution in [0.5, 0.6) is 6.01 Å². The number of benzene rings is 4. The molecule has 2 aliphatic rings. The SMILES string of the molecule is CN1CCCC1COc1nc(N2CCN(C(=O)OCc3ccccc3)C(CC#N)C2)c2nc(-c3ccccc3)n(-c3cccc4ccccc34)c(=O)c2n1. The molecule has 6 aromatic rings. The minimum atomic E-state index is -0.502. The van der Waals surface area contributed by atoms with Crippen molar-refractivity contribution < 1.29 is 14.3 Å². The van der Waals surface area contributed by atoms with Gasteiger partial charge < -0.3 is 24.2 Å². The summed E-state index contributed by atoms with van der Waals surface area (Å²) in [5, 5.41) is 11.7. The lowest BCUT2D eigenvalue weighted by molar-refractivity contribution is 0.0768. The highest BCUT2D eigenvalue weighted by Crippen LogP contribution is 2.32. The molecule has 2 unspecified atom stereocenters. The first kappa shape index (κ1) is 34.7. The Kier molecular flexibility index (Phi) is 9.87. The summed E-state index contributed by atoms with van der Waals surface area (Å²) in [5.74, 6) is 0.849.